The molecule has 5 aromatic rings. The number of benzene rings is 3. The Labute approximate surface area is 271 Å². The molecule has 0 unspecified atom stereocenters. The van der Waals surface area contributed by atoms with Crippen molar-refractivity contribution in [1.82, 2.24) is 15.6 Å². The van der Waals surface area contributed by atoms with E-state index in [1.54, 1.807) is 13.0 Å². The van der Waals surface area contributed by atoms with Gasteiger partial charge in [0.15, 0.2) is 17.1 Å². The van der Waals surface area contributed by atoms with Crippen molar-refractivity contribution < 1.29 is 37.6 Å². The number of carbonyl (C=O) groups is 3. The van der Waals surface area contributed by atoms with Crippen molar-refractivity contribution in [2.45, 2.75) is 39.9 Å². The lowest BCUT2D eigenvalue weighted by atomic mass is 9.97. The molecular weight excluding hydrogens is 604 g/mol. The third-order valence-electron chi connectivity index (χ3n) is 7.06. The molecule has 0 fully saturated rings. The average molecular weight is 639 g/mol. The van der Waals surface area contributed by atoms with E-state index in [4.69, 9.17) is 18.5 Å². The highest BCUT2D eigenvalue weighted by Gasteiger charge is 2.30. The van der Waals surface area contributed by atoms with Crippen molar-refractivity contribution >= 4 is 23.5 Å². The van der Waals surface area contributed by atoms with Crippen molar-refractivity contribution in [3.8, 4) is 22.8 Å². The molecular formula is C35H34N4O8. The Bertz CT molecular complexity index is 1850. The van der Waals surface area contributed by atoms with Gasteiger partial charge in [-0.1, -0.05) is 84.8 Å². The van der Waals surface area contributed by atoms with E-state index in [1.165, 1.54) is 7.11 Å². The van der Waals surface area contributed by atoms with Crippen molar-refractivity contribution in [3.05, 3.63) is 113 Å². The molecule has 2 heterocycles. The minimum Gasteiger partial charge on any atom is -0.488 e. The lowest BCUT2D eigenvalue weighted by molar-refractivity contribution is 0.0588. The Hall–Kier alpha value is -5.91. The predicted molar refractivity (Wildman–Crippen MR) is 171 cm³/mol. The van der Waals surface area contributed by atoms with E-state index >= 15 is 0 Å². The van der Waals surface area contributed by atoms with E-state index in [1.807, 2.05) is 80.6 Å². The maximum Gasteiger partial charge on any atom is 0.360 e. The summed E-state index contributed by atoms with van der Waals surface area (Å²) in [6.07, 6.45) is 0. The first-order valence-electron chi connectivity index (χ1n) is 14.9. The molecule has 0 radical (unpaired) electrons. The number of ether oxygens (including phenoxy) is 3. The number of nitrogens with one attached hydrogen (secondary N) is 2. The van der Waals surface area contributed by atoms with Crippen LogP contribution >= 0.6 is 0 Å². The third kappa shape index (κ3) is 7.67. The van der Waals surface area contributed by atoms with Crippen LogP contribution in [0.25, 0.3) is 11.3 Å². The third-order valence-corrected chi connectivity index (χ3v) is 7.06. The summed E-state index contributed by atoms with van der Waals surface area (Å²) in [7, 11) is 1.18. The highest BCUT2D eigenvalue weighted by Crippen LogP contribution is 2.43. The molecule has 2 amide bonds. The average Bonchev–Trinajstić information content (AvgIpc) is 3.75. The van der Waals surface area contributed by atoms with E-state index in [0.29, 0.717) is 30.2 Å². The summed E-state index contributed by atoms with van der Waals surface area (Å²) in [4.78, 5) is 38.3. The van der Waals surface area contributed by atoms with Gasteiger partial charge in [-0.15, -0.1) is 0 Å². The number of anilines is 1. The second kappa shape index (κ2) is 14.9. The zero-order valence-electron chi connectivity index (χ0n) is 26.4. The predicted octanol–water partition coefficient (Wildman–Crippen LogP) is 6.40. The fourth-order valence-electron chi connectivity index (χ4n) is 4.67. The van der Waals surface area contributed by atoms with Crippen LogP contribution in [0.2, 0.25) is 0 Å². The summed E-state index contributed by atoms with van der Waals surface area (Å²) in [6, 6.07) is 24.1. The van der Waals surface area contributed by atoms with E-state index in [2.05, 4.69) is 25.7 Å². The van der Waals surface area contributed by atoms with Crippen molar-refractivity contribution in [3.63, 3.8) is 0 Å². The minimum atomic E-state index is -0.804. The van der Waals surface area contributed by atoms with Crippen LogP contribution in [0.5, 0.6) is 11.5 Å². The minimum absolute atomic E-state index is 0.00236. The molecule has 0 aliphatic carbocycles. The molecule has 12 nitrogen and oxygen atoms in total. The Balaban J connectivity index is 1.60. The number of methoxy groups -OCH3 is 1. The summed E-state index contributed by atoms with van der Waals surface area (Å²) >= 11 is 0. The summed E-state index contributed by atoms with van der Waals surface area (Å²) in [5.41, 5.74) is 2.75. The topological polar surface area (TPSA) is 155 Å². The number of esters is 1. The van der Waals surface area contributed by atoms with Gasteiger partial charge in [0.1, 0.15) is 30.4 Å². The zero-order valence-corrected chi connectivity index (χ0v) is 26.4. The Morgan fingerprint density at radius 3 is 2.04 bits per heavy atom. The number of nitrogens with zero attached hydrogens (tertiary/aromatic N) is 2. The highest BCUT2D eigenvalue weighted by molar-refractivity contribution is 6.10. The molecule has 0 aliphatic rings. The molecule has 2 N–H and O–H groups in total. The number of carbonyl (C=O) groups excluding carboxylic acids is 3. The SMILES string of the molecule is CCNC(=O)c1noc(-c2cc(C(C)C)c(OCc3ccccc3)cc2OCc2ccccc2)c1NC(=O)c1cc(C(=O)OC)no1. The standard InChI is InChI=1S/C35H34N4O8/c1-5-36-34(41)31-30(37-33(40)29-17-26(38-46-29)35(42)43-4)32(47-39-31)25-16-24(21(2)3)27(44-19-22-12-8-6-9-13-22)18-28(25)45-20-23-14-10-7-11-15-23/h6-18,21H,5,19-20H2,1-4H3,(H,36,41)(H,37,40). The van der Waals surface area contributed by atoms with E-state index in [9.17, 15) is 14.4 Å². The van der Waals surface area contributed by atoms with Crippen molar-refractivity contribution in [1.29, 1.82) is 0 Å². The number of amides is 2. The van der Waals surface area contributed by atoms with Gasteiger partial charge in [-0.3, -0.25) is 9.59 Å². The summed E-state index contributed by atoms with van der Waals surface area (Å²) in [5, 5.41) is 13.0. The normalized spacial score (nSPS) is 10.8. The molecule has 5 rings (SSSR count). The summed E-state index contributed by atoms with van der Waals surface area (Å²) < 4.78 is 28.2. The number of hydrogen-bond acceptors (Lipinski definition) is 10. The maximum absolute atomic E-state index is 13.3. The van der Waals surface area contributed by atoms with Crippen LogP contribution in [0.4, 0.5) is 5.69 Å². The molecule has 47 heavy (non-hydrogen) atoms. The first-order chi connectivity index (χ1) is 22.8. The quantitative estimate of drug-likeness (QED) is 0.138. The van der Waals surface area contributed by atoms with Crippen molar-refractivity contribution in [2.24, 2.45) is 0 Å². The Morgan fingerprint density at radius 1 is 0.809 bits per heavy atom. The molecule has 0 spiro atoms. The van der Waals surface area contributed by atoms with Crippen LogP contribution < -0.4 is 20.1 Å². The van der Waals surface area contributed by atoms with Crippen molar-refractivity contribution in [2.75, 3.05) is 19.0 Å². The van der Waals surface area contributed by atoms with E-state index in [0.717, 1.165) is 22.8 Å². The van der Waals surface area contributed by atoms with Gasteiger partial charge < -0.3 is 33.9 Å². The van der Waals surface area contributed by atoms with E-state index < -0.39 is 17.8 Å². The fourth-order valence-corrected chi connectivity index (χ4v) is 4.67. The first-order valence-corrected chi connectivity index (χ1v) is 14.9. The van der Waals surface area contributed by atoms with Gasteiger partial charge in [0.25, 0.3) is 11.8 Å². The zero-order chi connectivity index (χ0) is 33.3. The van der Waals surface area contributed by atoms with Gasteiger partial charge in [0.05, 0.1) is 12.7 Å². The molecule has 0 saturated heterocycles. The molecule has 0 saturated carbocycles. The van der Waals surface area contributed by atoms with Gasteiger partial charge in [-0.2, -0.15) is 0 Å². The number of hydrogen-bond donors (Lipinski definition) is 2. The van der Waals surface area contributed by atoms with Gasteiger partial charge in [-0.25, -0.2) is 4.79 Å². The molecule has 0 aliphatic heterocycles. The Morgan fingerprint density at radius 2 is 1.45 bits per heavy atom. The maximum atomic E-state index is 13.3. The molecule has 0 atom stereocenters. The molecule has 3 aromatic carbocycles. The smallest absolute Gasteiger partial charge is 0.360 e. The highest BCUT2D eigenvalue weighted by atomic mass is 16.5. The summed E-state index contributed by atoms with van der Waals surface area (Å²) in [6.45, 7) is 6.62. The van der Waals surface area contributed by atoms with Gasteiger partial charge in [0.2, 0.25) is 5.76 Å². The molecule has 242 valence electrons. The summed E-state index contributed by atoms with van der Waals surface area (Å²) in [5.74, 6) is -1.44. The van der Waals surface area contributed by atoms with Gasteiger partial charge in [-0.05, 0) is 35.6 Å². The lowest BCUT2D eigenvalue weighted by Crippen LogP contribution is -2.25. The first kappa shape index (κ1) is 32.5. The lowest BCUT2D eigenvalue weighted by Gasteiger charge is -2.19. The largest absolute Gasteiger partial charge is 0.488 e. The van der Waals surface area contributed by atoms with Crippen LogP contribution in [-0.2, 0) is 18.0 Å². The van der Waals surface area contributed by atoms with Crippen LogP contribution in [0.3, 0.4) is 0 Å². The molecule has 12 heteroatoms. The monoisotopic (exact) mass is 638 g/mol. The van der Waals surface area contributed by atoms with Crippen LogP contribution in [-0.4, -0.2) is 41.8 Å². The molecule has 2 aromatic heterocycles. The van der Waals surface area contributed by atoms with Crippen LogP contribution in [0.1, 0.15) is 74.9 Å². The van der Waals surface area contributed by atoms with Crippen LogP contribution in [0, 0.1) is 0 Å². The number of rotatable bonds is 13. The second-order valence-electron chi connectivity index (χ2n) is 10.7. The van der Waals surface area contributed by atoms with Gasteiger partial charge in [0, 0.05) is 18.7 Å². The van der Waals surface area contributed by atoms with E-state index in [-0.39, 0.29) is 41.1 Å². The van der Waals surface area contributed by atoms with Gasteiger partial charge >= 0.3 is 5.97 Å². The second-order valence-corrected chi connectivity index (χ2v) is 10.7. The Kier molecular flexibility index (Phi) is 10.3. The number of aromatic nitrogens is 2. The fraction of sp³-hybridized carbons (Fsp3) is 0.229. The molecule has 0 bridgehead atoms. The van der Waals surface area contributed by atoms with Crippen LogP contribution in [0.15, 0.2) is 87.9 Å².